The van der Waals surface area contributed by atoms with E-state index in [1.54, 1.807) is 6.33 Å². The number of anilines is 2. The van der Waals surface area contributed by atoms with Gasteiger partial charge in [-0.05, 0) is 6.42 Å². The van der Waals surface area contributed by atoms with Crippen LogP contribution in [0.2, 0.25) is 0 Å². The van der Waals surface area contributed by atoms with Crippen LogP contribution in [0, 0.1) is 0 Å². The lowest BCUT2D eigenvalue weighted by Crippen LogP contribution is -2.20. The van der Waals surface area contributed by atoms with Crippen LogP contribution >= 0.6 is 12.6 Å². The fraction of sp³-hybridized carbons (Fsp3) is 0.667. The molecule has 1 aromatic rings. The van der Waals surface area contributed by atoms with Gasteiger partial charge in [0.05, 0.1) is 0 Å². The number of hydrogen-bond acceptors (Lipinski definition) is 5. The first-order chi connectivity index (χ1) is 8.27. The quantitative estimate of drug-likeness (QED) is 0.552. The molecule has 17 heavy (non-hydrogen) atoms. The standard InChI is InChI=1S/C12H22N4S/c1-3-4-5-7-16(2)12-9-11(13-6-8-17)14-10-15-12/h9-10,17H,3-8H2,1-2H3,(H,13,14,15). The van der Waals surface area contributed by atoms with Gasteiger partial charge in [-0.15, -0.1) is 0 Å². The van der Waals surface area contributed by atoms with Gasteiger partial charge in [-0.3, -0.25) is 0 Å². The van der Waals surface area contributed by atoms with E-state index < -0.39 is 0 Å². The molecule has 0 aliphatic heterocycles. The van der Waals surface area contributed by atoms with Crippen LogP contribution in [0.1, 0.15) is 26.2 Å². The number of unbranched alkanes of at least 4 members (excludes halogenated alkanes) is 2. The summed E-state index contributed by atoms with van der Waals surface area (Å²) in [6, 6.07) is 1.98. The summed E-state index contributed by atoms with van der Waals surface area (Å²) in [5.41, 5.74) is 0. The average Bonchev–Trinajstić information content (AvgIpc) is 2.37. The number of nitrogens with zero attached hydrogens (tertiary/aromatic N) is 3. The Hall–Kier alpha value is -0.970. The summed E-state index contributed by atoms with van der Waals surface area (Å²) in [7, 11) is 2.07. The predicted octanol–water partition coefficient (Wildman–Crippen LogP) is 2.44. The van der Waals surface area contributed by atoms with Crippen LogP contribution < -0.4 is 10.2 Å². The smallest absolute Gasteiger partial charge is 0.133 e. The largest absolute Gasteiger partial charge is 0.369 e. The molecule has 1 rings (SSSR count). The molecule has 1 heterocycles. The summed E-state index contributed by atoms with van der Waals surface area (Å²) in [5.74, 6) is 2.63. The van der Waals surface area contributed by atoms with Crippen LogP contribution in [0.4, 0.5) is 11.6 Å². The normalized spacial score (nSPS) is 10.3. The minimum atomic E-state index is 0.797. The van der Waals surface area contributed by atoms with Crippen molar-refractivity contribution in [3.05, 3.63) is 12.4 Å². The molecule has 0 aliphatic rings. The van der Waals surface area contributed by atoms with E-state index in [4.69, 9.17) is 0 Å². The van der Waals surface area contributed by atoms with Gasteiger partial charge in [0, 0.05) is 32.0 Å². The zero-order valence-corrected chi connectivity index (χ0v) is 11.6. The van der Waals surface area contributed by atoms with Crippen molar-refractivity contribution in [2.24, 2.45) is 0 Å². The molecule has 5 heteroatoms. The Kier molecular flexibility index (Phi) is 6.77. The van der Waals surface area contributed by atoms with Gasteiger partial charge in [0.2, 0.25) is 0 Å². The highest BCUT2D eigenvalue weighted by Crippen LogP contribution is 2.13. The molecule has 0 saturated heterocycles. The first-order valence-electron chi connectivity index (χ1n) is 6.15. The molecule has 0 atom stereocenters. The first-order valence-corrected chi connectivity index (χ1v) is 6.79. The van der Waals surface area contributed by atoms with E-state index >= 15 is 0 Å². The molecule has 0 fully saturated rings. The second-order valence-electron chi connectivity index (χ2n) is 4.04. The van der Waals surface area contributed by atoms with Gasteiger partial charge >= 0.3 is 0 Å². The van der Waals surface area contributed by atoms with Crippen molar-refractivity contribution in [2.75, 3.05) is 36.1 Å². The summed E-state index contributed by atoms with van der Waals surface area (Å²) in [6.45, 7) is 4.07. The van der Waals surface area contributed by atoms with Crippen molar-refractivity contribution in [1.82, 2.24) is 9.97 Å². The Morgan fingerprint density at radius 2 is 2.18 bits per heavy atom. The molecular weight excluding hydrogens is 232 g/mol. The third-order valence-corrected chi connectivity index (χ3v) is 2.78. The highest BCUT2D eigenvalue weighted by Gasteiger charge is 2.03. The molecule has 1 N–H and O–H groups in total. The number of thiol groups is 1. The fourth-order valence-corrected chi connectivity index (χ4v) is 1.66. The highest BCUT2D eigenvalue weighted by atomic mass is 32.1. The van der Waals surface area contributed by atoms with E-state index in [9.17, 15) is 0 Å². The fourth-order valence-electron chi connectivity index (χ4n) is 1.55. The van der Waals surface area contributed by atoms with Gasteiger partial charge in [-0.2, -0.15) is 12.6 Å². The maximum Gasteiger partial charge on any atom is 0.133 e. The maximum absolute atomic E-state index is 4.28. The summed E-state index contributed by atoms with van der Waals surface area (Å²) < 4.78 is 0. The SMILES string of the molecule is CCCCCN(C)c1cc(NCCS)ncn1. The van der Waals surface area contributed by atoms with Crippen molar-refractivity contribution in [2.45, 2.75) is 26.2 Å². The maximum atomic E-state index is 4.28. The van der Waals surface area contributed by atoms with E-state index in [-0.39, 0.29) is 0 Å². The molecule has 0 spiro atoms. The lowest BCUT2D eigenvalue weighted by Gasteiger charge is -2.18. The van der Waals surface area contributed by atoms with E-state index in [0.717, 1.165) is 30.5 Å². The Bertz CT molecular complexity index is 319. The lowest BCUT2D eigenvalue weighted by atomic mass is 10.2. The van der Waals surface area contributed by atoms with E-state index in [1.807, 2.05) is 6.07 Å². The molecule has 0 unspecified atom stereocenters. The molecule has 0 aliphatic carbocycles. The van der Waals surface area contributed by atoms with Crippen LogP contribution in [0.15, 0.2) is 12.4 Å². The van der Waals surface area contributed by atoms with Crippen LogP contribution in [0.5, 0.6) is 0 Å². The lowest BCUT2D eigenvalue weighted by molar-refractivity contribution is 0.701. The van der Waals surface area contributed by atoms with Gasteiger partial charge in [0.25, 0.3) is 0 Å². The van der Waals surface area contributed by atoms with Crippen molar-refractivity contribution in [3.8, 4) is 0 Å². The molecule has 0 aromatic carbocycles. The highest BCUT2D eigenvalue weighted by molar-refractivity contribution is 7.80. The molecular formula is C12H22N4S. The van der Waals surface area contributed by atoms with Crippen LogP contribution in [-0.2, 0) is 0 Å². The molecule has 96 valence electrons. The van der Waals surface area contributed by atoms with Crippen molar-refractivity contribution >= 4 is 24.3 Å². The van der Waals surface area contributed by atoms with Gasteiger partial charge in [0.15, 0.2) is 0 Å². The molecule has 0 amide bonds. The van der Waals surface area contributed by atoms with Gasteiger partial charge in [0.1, 0.15) is 18.0 Å². The summed E-state index contributed by atoms with van der Waals surface area (Å²) in [5, 5.41) is 3.20. The van der Waals surface area contributed by atoms with E-state index in [1.165, 1.54) is 19.3 Å². The zero-order chi connectivity index (χ0) is 12.5. The molecule has 0 bridgehead atoms. The minimum absolute atomic E-state index is 0.797. The second-order valence-corrected chi connectivity index (χ2v) is 4.49. The van der Waals surface area contributed by atoms with E-state index in [0.29, 0.717) is 0 Å². The first kappa shape index (κ1) is 14.1. The third kappa shape index (κ3) is 5.26. The molecule has 1 aromatic heterocycles. The minimum Gasteiger partial charge on any atom is -0.369 e. The Morgan fingerprint density at radius 1 is 1.35 bits per heavy atom. The van der Waals surface area contributed by atoms with Gasteiger partial charge in [-0.25, -0.2) is 9.97 Å². The average molecular weight is 254 g/mol. The number of hydrogen-bond donors (Lipinski definition) is 2. The van der Waals surface area contributed by atoms with Gasteiger partial charge < -0.3 is 10.2 Å². The summed E-state index contributed by atoms with van der Waals surface area (Å²) in [6.07, 6.45) is 5.31. The number of nitrogens with one attached hydrogen (secondary N) is 1. The second kappa shape index (κ2) is 8.17. The number of aromatic nitrogens is 2. The monoisotopic (exact) mass is 254 g/mol. The van der Waals surface area contributed by atoms with E-state index in [2.05, 4.69) is 46.8 Å². The molecule has 0 radical (unpaired) electrons. The van der Waals surface area contributed by atoms with Crippen LogP contribution in [0.3, 0.4) is 0 Å². The van der Waals surface area contributed by atoms with Crippen molar-refractivity contribution < 1.29 is 0 Å². The predicted molar refractivity (Wildman–Crippen MR) is 77.2 cm³/mol. The summed E-state index contributed by atoms with van der Waals surface area (Å²) >= 11 is 4.16. The third-order valence-electron chi connectivity index (χ3n) is 2.56. The van der Waals surface area contributed by atoms with Crippen molar-refractivity contribution in [1.29, 1.82) is 0 Å². The Labute approximate surface area is 109 Å². The van der Waals surface area contributed by atoms with Crippen molar-refractivity contribution in [3.63, 3.8) is 0 Å². The Morgan fingerprint density at radius 3 is 2.88 bits per heavy atom. The topological polar surface area (TPSA) is 41.0 Å². The molecule has 4 nitrogen and oxygen atoms in total. The van der Waals surface area contributed by atoms with Crippen LogP contribution in [0.25, 0.3) is 0 Å². The zero-order valence-electron chi connectivity index (χ0n) is 10.7. The molecule has 0 saturated carbocycles. The Balaban J connectivity index is 2.51. The van der Waals surface area contributed by atoms with Crippen LogP contribution in [-0.4, -0.2) is 35.9 Å². The van der Waals surface area contributed by atoms with Gasteiger partial charge in [-0.1, -0.05) is 19.8 Å². The summed E-state index contributed by atoms with van der Waals surface area (Å²) in [4.78, 5) is 10.6. The number of rotatable bonds is 8.